The van der Waals surface area contributed by atoms with Crippen molar-refractivity contribution >= 4 is 0 Å². The molecule has 0 saturated carbocycles. The van der Waals surface area contributed by atoms with Crippen molar-refractivity contribution in [1.82, 2.24) is 5.32 Å². The number of hydrogen-bond donors (Lipinski definition) is 1. The molecule has 2 nitrogen and oxygen atoms in total. The van der Waals surface area contributed by atoms with Crippen LogP contribution in [0.25, 0.3) is 0 Å². The molecule has 2 heteroatoms. The first kappa shape index (κ1) is 15.5. The van der Waals surface area contributed by atoms with Gasteiger partial charge in [0.25, 0.3) is 0 Å². The largest absolute Gasteiger partial charge is 0.381 e. The number of hydrogen-bond acceptors (Lipinski definition) is 2. The molecule has 0 aromatic heterocycles. The second-order valence-electron chi connectivity index (χ2n) is 6.50. The number of ether oxygens (including phenoxy) is 1. The van der Waals surface area contributed by atoms with Crippen molar-refractivity contribution in [2.24, 2.45) is 11.8 Å². The first-order valence-electron chi connectivity index (χ1n) is 8.05. The number of rotatable bonds is 6. The molecule has 1 aromatic carbocycles. The van der Waals surface area contributed by atoms with Crippen molar-refractivity contribution in [2.45, 2.75) is 52.1 Å². The van der Waals surface area contributed by atoms with Gasteiger partial charge in [-0.2, -0.15) is 0 Å². The highest BCUT2D eigenvalue weighted by Crippen LogP contribution is 2.25. The zero-order valence-corrected chi connectivity index (χ0v) is 13.1. The number of nitrogens with one attached hydrogen (secondary N) is 1. The molecule has 20 heavy (non-hydrogen) atoms. The molecule has 1 aliphatic rings. The van der Waals surface area contributed by atoms with E-state index in [4.69, 9.17) is 4.74 Å². The van der Waals surface area contributed by atoms with E-state index >= 15 is 0 Å². The van der Waals surface area contributed by atoms with Gasteiger partial charge >= 0.3 is 0 Å². The van der Waals surface area contributed by atoms with Gasteiger partial charge < -0.3 is 10.1 Å². The van der Waals surface area contributed by atoms with Crippen LogP contribution in [0.3, 0.4) is 0 Å². The van der Waals surface area contributed by atoms with Crippen molar-refractivity contribution in [2.75, 3.05) is 13.2 Å². The Morgan fingerprint density at radius 2 is 1.75 bits per heavy atom. The average Bonchev–Trinajstić information content (AvgIpc) is 2.48. The average molecular weight is 275 g/mol. The van der Waals surface area contributed by atoms with E-state index in [1.807, 2.05) is 0 Å². The van der Waals surface area contributed by atoms with Gasteiger partial charge in [-0.25, -0.2) is 0 Å². The summed E-state index contributed by atoms with van der Waals surface area (Å²) in [4.78, 5) is 0. The molecule has 0 radical (unpaired) electrons. The highest BCUT2D eigenvalue weighted by molar-refractivity contribution is 5.19. The molecule has 2 unspecified atom stereocenters. The van der Waals surface area contributed by atoms with E-state index in [0.29, 0.717) is 18.0 Å². The third kappa shape index (κ3) is 4.60. The van der Waals surface area contributed by atoms with Crippen LogP contribution >= 0.6 is 0 Å². The topological polar surface area (TPSA) is 21.3 Å². The van der Waals surface area contributed by atoms with Gasteiger partial charge in [-0.1, -0.05) is 44.2 Å². The summed E-state index contributed by atoms with van der Waals surface area (Å²) in [6, 6.07) is 11.9. The molecule has 1 heterocycles. The standard InChI is InChI=1S/C18H29NO/c1-14(2)13-18(17-7-5-4-6-8-17)19-15(3)16-9-11-20-12-10-16/h4-8,14-16,18-19H,9-13H2,1-3H3. The van der Waals surface area contributed by atoms with Crippen LogP contribution in [0, 0.1) is 11.8 Å². The highest BCUT2D eigenvalue weighted by atomic mass is 16.5. The summed E-state index contributed by atoms with van der Waals surface area (Å²) in [5.74, 6) is 1.46. The minimum atomic E-state index is 0.467. The van der Waals surface area contributed by atoms with Crippen LogP contribution in [0.15, 0.2) is 30.3 Å². The van der Waals surface area contributed by atoms with Gasteiger partial charge in [0.2, 0.25) is 0 Å². The molecule has 0 amide bonds. The lowest BCUT2D eigenvalue weighted by Gasteiger charge is -2.32. The molecule has 1 aliphatic heterocycles. The zero-order chi connectivity index (χ0) is 14.4. The van der Waals surface area contributed by atoms with E-state index < -0.39 is 0 Å². The quantitative estimate of drug-likeness (QED) is 0.841. The summed E-state index contributed by atoms with van der Waals surface area (Å²) >= 11 is 0. The monoisotopic (exact) mass is 275 g/mol. The van der Waals surface area contributed by atoms with Crippen molar-refractivity contribution in [3.05, 3.63) is 35.9 Å². The molecule has 112 valence electrons. The Morgan fingerprint density at radius 3 is 2.35 bits per heavy atom. The molecule has 0 aliphatic carbocycles. The Hall–Kier alpha value is -0.860. The van der Waals surface area contributed by atoms with E-state index in [2.05, 4.69) is 56.4 Å². The third-order valence-corrected chi connectivity index (χ3v) is 4.35. The maximum absolute atomic E-state index is 5.48. The summed E-state index contributed by atoms with van der Waals surface area (Å²) in [5, 5.41) is 3.88. The van der Waals surface area contributed by atoms with Gasteiger partial charge in [0.05, 0.1) is 0 Å². The molecule has 0 bridgehead atoms. The summed E-state index contributed by atoms with van der Waals surface area (Å²) < 4.78 is 5.48. The number of benzene rings is 1. The van der Waals surface area contributed by atoms with E-state index in [0.717, 1.165) is 19.1 Å². The fourth-order valence-electron chi connectivity index (χ4n) is 3.13. The molecule has 2 atom stereocenters. The molecule has 2 rings (SSSR count). The first-order chi connectivity index (χ1) is 9.66. The molecule has 1 saturated heterocycles. The van der Waals surface area contributed by atoms with E-state index in [1.165, 1.54) is 24.8 Å². The van der Waals surface area contributed by atoms with Gasteiger partial charge in [0.15, 0.2) is 0 Å². The lowest BCUT2D eigenvalue weighted by Crippen LogP contribution is -2.39. The predicted molar refractivity (Wildman–Crippen MR) is 84.8 cm³/mol. The highest BCUT2D eigenvalue weighted by Gasteiger charge is 2.23. The van der Waals surface area contributed by atoms with E-state index in [-0.39, 0.29) is 0 Å². The second-order valence-corrected chi connectivity index (χ2v) is 6.50. The van der Waals surface area contributed by atoms with Gasteiger partial charge in [-0.3, -0.25) is 0 Å². The maximum Gasteiger partial charge on any atom is 0.0469 e. The van der Waals surface area contributed by atoms with Gasteiger partial charge in [0, 0.05) is 25.3 Å². The molecule has 1 aromatic rings. The fourth-order valence-corrected chi connectivity index (χ4v) is 3.13. The molecular weight excluding hydrogens is 246 g/mol. The van der Waals surface area contributed by atoms with Crippen LogP contribution in [-0.2, 0) is 4.74 Å². The van der Waals surface area contributed by atoms with E-state index in [1.54, 1.807) is 0 Å². The van der Waals surface area contributed by atoms with Crippen LogP contribution < -0.4 is 5.32 Å². The van der Waals surface area contributed by atoms with E-state index in [9.17, 15) is 0 Å². The Balaban J connectivity index is 1.99. The lowest BCUT2D eigenvalue weighted by atomic mass is 9.90. The minimum absolute atomic E-state index is 0.467. The van der Waals surface area contributed by atoms with Crippen LogP contribution in [0.1, 0.15) is 51.6 Å². The SMILES string of the molecule is CC(C)CC(NC(C)C1CCOCC1)c1ccccc1. The van der Waals surface area contributed by atoms with Crippen molar-refractivity contribution < 1.29 is 4.74 Å². The summed E-state index contributed by atoms with van der Waals surface area (Å²) in [7, 11) is 0. The lowest BCUT2D eigenvalue weighted by molar-refractivity contribution is 0.0539. The van der Waals surface area contributed by atoms with Crippen LogP contribution in [0.4, 0.5) is 0 Å². The van der Waals surface area contributed by atoms with Crippen LogP contribution in [0.2, 0.25) is 0 Å². The second kappa shape index (κ2) is 7.80. The Morgan fingerprint density at radius 1 is 1.10 bits per heavy atom. The molecule has 1 N–H and O–H groups in total. The Kier molecular flexibility index (Phi) is 6.06. The zero-order valence-electron chi connectivity index (χ0n) is 13.1. The predicted octanol–water partition coefficient (Wildman–Crippen LogP) is 4.18. The maximum atomic E-state index is 5.48. The normalized spacial score (nSPS) is 20.0. The van der Waals surface area contributed by atoms with Gasteiger partial charge in [0.1, 0.15) is 0 Å². The minimum Gasteiger partial charge on any atom is -0.381 e. The summed E-state index contributed by atoms with van der Waals surface area (Å²) in [6.45, 7) is 8.80. The van der Waals surface area contributed by atoms with Crippen LogP contribution in [-0.4, -0.2) is 19.3 Å². The van der Waals surface area contributed by atoms with Gasteiger partial charge in [-0.15, -0.1) is 0 Å². The Labute approximate surface area is 123 Å². The third-order valence-electron chi connectivity index (χ3n) is 4.35. The molecule has 0 spiro atoms. The summed E-state index contributed by atoms with van der Waals surface area (Å²) in [6.07, 6.45) is 3.58. The smallest absolute Gasteiger partial charge is 0.0469 e. The summed E-state index contributed by atoms with van der Waals surface area (Å²) in [5.41, 5.74) is 1.42. The molecular formula is C18H29NO. The van der Waals surface area contributed by atoms with Crippen molar-refractivity contribution in [3.8, 4) is 0 Å². The first-order valence-corrected chi connectivity index (χ1v) is 8.05. The fraction of sp³-hybridized carbons (Fsp3) is 0.667. The molecule has 1 fully saturated rings. The van der Waals surface area contributed by atoms with Crippen molar-refractivity contribution in [1.29, 1.82) is 0 Å². The Bertz CT molecular complexity index is 370. The van der Waals surface area contributed by atoms with Gasteiger partial charge in [-0.05, 0) is 43.6 Å². The van der Waals surface area contributed by atoms with Crippen molar-refractivity contribution in [3.63, 3.8) is 0 Å². The van der Waals surface area contributed by atoms with Crippen LogP contribution in [0.5, 0.6) is 0 Å².